The predicted molar refractivity (Wildman–Crippen MR) is 63.5 cm³/mol. The molecule has 16 heavy (non-hydrogen) atoms. The van der Waals surface area contributed by atoms with Crippen LogP contribution < -0.4 is 10.6 Å². The van der Waals surface area contributed by atoms with Crippen LogP contribution in [0.4, 0.5) is 20.2 Å². The zero-order valence-corrected chi connectivity index (χ0v) is 9.93. The van der Waals surface area contributed by atoms with Crippen LogP contribution >= 0.6 is 0 Å². The van der Waals surface area contributed by atoms with E-state index < -0.39 is 11.6 Å². The van der Waals surface area contributed by atoms with E-state index in [1.807, 2.05) is 20.8 Å². The Balaban J connectivity index is 3.22. The van der Waals surface area contributed by atoms with Crippen molar-refractivity contribution in [2.75, 3.05) is 17.2 Å². The molecule has 0 fully saturated rings. The molecule has 90 valence electrons. The van der Waals surface area contributed by atoms with Gasteiger partial charge in [0, 0.05) is 12.6 Å². The minimum absolute atomic E-state index is 0.0820. The molecule has 0 aliphatic heterocycles. The molecule has 0 aromatic heterocycles. The van der Waals surface area contributed by atoms with Gasteiger partial charge in [0.1, 0.15) is 0 Å². The van der Waals surface area contributed by atoms with Crippen molar-refractivity contribution in [1.29, 1.82) is 0 Å². The van der Waals surface area contributed by atoms with E-state index in [1.54, 1.807) is 4.90 Å². The second-order valence-corrected chi connectivity index (χ2v) is 4.09. The predicted octanol–water partition coefficient (Wildman–Crippen LogP) is 3.17. The molecule has 2 N–H and O–H groups in total. The molecule has 0 unspecified atom stereocenters. The molecule has 0 radical (unpaired) electrons. The highest BCUT2D eigenvalue weighted by Crippen LogP contribution is 2.30. The summed E-state index contributed by atoms with van der Waals surface area (Å²) in [7, 11) is 0. The number of anilines is 2. The van der Waals surface area contributed by atoms with Gasteiger partial charge in [0.15, 0.2) is 11.6 Å². The number of nitrogens with zero attached hydrogens (tertiary/aromatic N) is 1. The molecule has 0 aliphatic carbocycles. The van der Waals surface area contributed by atoms with Crippen molar-refractivity contribution in [2.45, 2.75) is 33.2 Å². The lowest BCUT2D eigenvalue weighted by Crippen LogP contribution is -2.33. The number of hydrogen-bond donors (Lipinski definition) is 1. The van der Waals surface area contributed by atoms with Crippen LogP contribution in [0.2, 0.25) is 0 Å². The monoisotopic (exact) mass is 228 g/mol. The van der Waals surface area contributed by atoms with Gasteiger partial charge in [-0.1, -0.05) is 6.92 Å². The third-order valence-electron chi connectivity index (χ3n) is 2.48. The molecule has 0 saturated carbocycles. The maximum absolute atomic E-state index is 13.7. The summed E-state index contributed by atoms with van der Waals surface area (Å²) in [5.74, 6) is -1.71. The van der Waals surface area contributed by atoms with Gasteiger partial charge in [-0.15, -0.1) is 0 Å². The topological polar surface area (TPSA) is 29.3 Å². The highest BCUT2D eigenvalue weighted by atomic mass is 19.2. The zero-order valence-electron chi connectivity index (χ0n) is 9.93. The molecule has 2 nitrogen and oxygen atoms in total. The van der Waals surface area contributed by atoms with Gasteiger partial charge < -0.3 is 10.6 Å². The van der Waals surface area contributed by atoms with Gasteiger partial charge in [0.25, 0.3) is 0 Å². The van der Waals surface area contributed by atoms with Crippen LogP contribution in [0.1, 0.15) is 27.2 Å². The molecule has 0 saturated heterocycles. The second-order valence-electron chi connectivity index (χ2n) is 4.09. The highest BCUT2D eigenvalue weighted by molar-refractivity contribution is 5.68. The van der Waals surface area contributed by atoms with Crippen molar-refractivity contribution < 1.29 is 8.78 Å². The van der Waals surface area contributed by atoms with Crippen LogP contribution in [0.5, 0.6) is 0 Å². The van der Waals surface area contributed by atoms with Crippen LogP contribution in [-0.2, 0) is 0 Å². The molecule has 0 heterocycles. The van der Waals surface area contributed by atoms with Crippen molar-refractivity contribution in [2.24, 2.45) is 0 Å². The van der Waals surface area contributed by atoms with Crippen LogP contribution in [0, 0.1) is 11.6 Å². The largest absolute Gasteiger partial charge is 0.397 e. The van der Waals surface area contributed by atoms with Gasteiger partial charge >= 0.3 is 0 Å². The lowest BCUT2D eigenvalue weighted by atomic mass is 10.2. The van der Waals surface area contributed by atoms with Crippen LogP contribution in [0.3, 0.4) is 0 Å². The summed E-state index contributed by atoms with van der Waals surface area (Å²) in [6, 6.07) is 2.54. The van der Waals surface area contributed by atoms with Crippen LogP contribution in [-0.4, -0.2) is 12.6 Å². The Morgan fingerprint density at radius 2 is 1.94 bits per heavy atom. The summed E-state index contributed by atoms with van der Waals surface area (Å²) in [4.78, 5) is 1.79. The van der Waals surface area contributed by atoms with Gasteiger partial charge in [-0.05, 0) is 32.4 Å². The fourth-order valence-corrected chi connectivity index (χ4v) is 1.72. The van der Waals surface area contributed by atoms with E-state index in [2.05, 4.69) is 0 Å². The lowest BCUT2D eigenvalue weighted by molar-refractivity contribution is 0.502. The minimum Gasteiger partial charge on any atom is -0.397 e. The molecule has 0 atom stereocenters. The van der Waals surface area contributed by atoms with Crippen molar-refractivity contribution in [3.63, 3.8) is 0 Å². The van der Waals surface area contributed by atoms with Crippen LogP contribution in [0.15, 0.2) is 12.1 Å². The van der Waals surface area contributed by atoms with Crippen molar-refractivity contribution in [1.82, 2.24) is 0 Å². The molecular weight excluding hydrogens is 210 g/mol. The Hall–Kier alpha value is -1.32. The fourth-order valence-electron chi connectivity index (χ4n) is 1.72. The van der Waals surface area contributed by atoms with E-state index in [9.17, 15) is 8.78 Å². The lowest BCUT2D eigenvalue weighted by Gasteiger charge is -2.30. The molecule has 0 spiro atoms. The Kier molecular flexibility index (Phi) is 4.10. The molecular formula is C12H18F2N2. The maximum atomic E-state index is 13.7. The number of halogens is 2. The normalized spacial score (nSPS) is 10.9. The SMILES string of the molecule is CCCN(c1c(N)ccc(F)c1F)C(C)C. The molecule has 1 aromatic rings. The first-order valence-electron chi connectivity index (χ1n) is 5.49. The Bertz CT molecular complexity index is 364. The first kappa shape index (κ1) is 12.7. The molecule has 4 heteroatoms. The minimum atomic E-state index is -0.859. The summed E-state index contributed by atoms with van der Waals surface area (Å²) in [5.41, 5.74) is 6.17. The number of nitrogen functional groups attached to an aromatic ring is 1. The zero-order chi connectivity index (χ0) is 12.3. The standard InChI is InChI=1S/C12H18F2N2/c1-4-7-16(8(2)3)12-10(15)6-5-9(13)11(12)14/h5-6,8H,4,7,15H2,1-3H3. The molecule has 1 aromatic carbocycles. The number of nitrogens with two attached hydrogens (primary N) is 1. The average Bonchev–Trinajstić information content (AvgIpc) is 2.22. The van der Waals surface area contributed by atoms with E-state index >= 15 is 0 Å². The second kappa shape index (κ2) is 5.14. The van der Waals surface area contributed by atoms with Gasteiger partial charge in [0.2, 0.25) is 0 Å². The van der Waals surface area contributed by atoms with E-state index in [1.165, 1.54) is 6.07 Å². The molecule has 1 rings (SSSR count). The molecule has 0 bridgehead atoms. The molecule has 0 aliphatic rings. The molecule has 0 amide bonds. The Morgan fingerprint density at radius 3 is 2.44 bits per heavy atom. The van der Waals surface area contributed by atoms with Gasteiger partial charge in [0.05, 0.1) is 11.4 Å². The van der Waals surface area contributed by atoms with E-state index in [0.717, 1.165) is 12.5 Å². The van der Waals surface area contributed by atoms with Crippen LogP contribution in [0.25, 0.3) is 0 Å². The fraction of sp³-hybridized carbons (Fsp3) is 0.500. The average molecular weight is 228 g/mol. The first-order chi connectivity index (χ1) is 7.49. The summed E-state index contributed by atoms with van der Waals surface area (Å²) >= 11 is 0. The van der Waals surface area contributed by atoms with Crippen molar-refractivity contribution >= 4 is 11.4 Å². The van der Waals surface area contributed by atoms with Crippen molar-refractivity contribution in [3.8, 4) is 0 Å². The number of rotatable bonds is 4. The summed E-state index contributed by atoms with van der Waals surface area (Å²) in [6.45, 7) is 6.50. The van der Waals surface area contributed by atoms with E-state index in [-0.39, 0.29) is 17.4 Å². The highest BCUT2D eigenvalue weighted by Gasteiger charge is 2.19. The van der Waals surface area contributed by atoms with E-state index in [0.29, 0.717) is 6.54 Å². The van der Waals surface area contributed by atoms with Gasteiger partial charge in [-0.2, -0.15) is 0 Å². The Morgan fingerprint density at radius 1 is 1.31 bits per heavy atom. The number of benzene rings is 1. The smallest absolute Gasteiger partial charge is 0.184 e. The summed E-state index contributed by atoms with van der Waals surface area (Å²) in [5, 5.41) is 0. The first-order valence-corrected chi connectivity index (χ1v) is 5.49. The van der Waals surface area contributed by atoms with Crippen molar-refractivity contribution in [3.05, 3.63) is 23.8 Å². The summed E-state index contributed by atoms with van der Waals surface area (Å²) < 4.78 is 26.9. The van der Waals surface area contributed by atoms with Gasteiger partial charge in [-0.3, -0.25) is 0 Å². The Labute approximate surface area is 95.1 Å². The van der Waals surface area contributed by atoms with Gasteiger partial charge in [-0.25, -0.2) is 8.78 Å². The summed E-state index contributed by atoms with van der Waals surface area (Å²) in [6.07, 6.45) is 0.855. The number of hydrogen-bond acceptors (Lipinski definition) is 2. The maximum Gasteiger partial charge on any atom is 0.184 e. The quantitative estimate of drug-likeness (QED) is 0.802. The van der Waals surface area contributed by atoms with E-state index in [4.69, 9.17) is 5.73 Å². The third kappa shape index (κ3) is 2.43. The third-order valence-corrected chi connectivity index (χ3v) is 2.48.